The SMILES string of the molecule is CC(F)(F)CCC(N=[N+]=[N-])C1CCCCC1. The van der Waals surface area contributed by atoms with Crippen LogP contribution in [-0.2, 0) is 0 Å². The highest BCUT2D eigenvalue weighted by atomic mass is 19.3. The molecule has 0 saturated heterocycles. The Hall–Kier alpha value is -0.830. The molecule has 1 fully saturated rings. The molecule has 0 N–H and O–H groups in total. The van der Waals surface area contributed by atoms with Crippen molar-refractivity contribution < 1.29 is 8.78 Å². The van der Waals surface area contributed by atoms with Crippen LogP contribution in [0, 0.1) is 5.92 Å². The Morgan fingerprint density at radius 1 is 1.38 bits per heavy atom. The molecule has 16 heavy (non-hydrogen) atoms. The minimum absolute atomic E-state index is 0.187. The second-order valence-electron chi connectivity index (χ2n) is 4.78. The monoisotopic (exact) mass is 231 g/mol. The minimum Gasteiger partial charge on any atom is -0.207 e. The fraction of sp³-hybridized carbons (Fsp3) is 1.00. The van der Waals surface area contributed by atoms with Crippen LogP contribution in [0.4, 0.5) is 8.78 Å². The summed E-state index contributed by atoms with van der Waals surface area (Å²) in [6.45, 7) is 0.918. The molecule has 5 heteroatoms. The fourth-order valence-corrected chi connectivity index (χ4v) is 2.37. The number of halogens is 2. The van der Waals surface area contributed by atoms with Gasteiger partial charge < -0.3 is 0 Å². The Labute approximate surface area is 94.8 Å². The highest BCUT2D eigenvalue weighted by Crippen LogP contribution is 2.32. The first-order valence-electron chi connectivity index (χ1n) is 5.95. The van der Waals surface area contributed by atoms with Gasteiger partial charge in [0.15, 0.2) is 0 Å². The predicted molar refractivity (Wildman–Crippen MR) is 59.4 cm³/mol. The van der Waals surface area contributed by atoms with Crippen molar-refractivity contribution in [1.82, 2.24) is 0 Å². The van der Waals surface area contributed by atoms with Gasteiger partial charge in [-0.2, -0.15) is 0 Å². The first-order chi connectivity index (χ1) is 7.53. The lowest BCUT2D eigenvalue weighted by Gasteiger charge is -2.27. The quantitative estimate of drug-likeness (QED) is 0.374. The van der Waals surface area contributed by atoms with Crippen LogP contribution >= 0.6 is 0 Å². The van der Waals surface area contributed by atoms with E-state index >= 15 is 0 Å². The molecule has 1 rings (SSSR count). The number of rotatable bonds is 5. The molecule has 1 unspecified atom stereocenters. The van der Waals surface area contributed by atoms with Gasteiger partial charge in [-0.05, 0) is 24.8 Å². The Morgan fingerprint density at radius 3 is 2.50 bits per heavy atom. The van der Waals surface area contributed by atoms with E-state index in [0.717, 1.165) is 32.6 Å². The average molecular weight is 231 g/mol. The largest absolute Gasteiger partial charge is 0.245 e. The summed E-state index contributed by atoms with van der Waals surface area (Å²) in [5.74, 6) is -2.34. The Kier molecular flexibility index (Phi) is 5.00. The van der Waals surface area contributed by atoms with Crippen LogP contribution in [0.2, 0.25) is 0 Å². The van der Waals surface area contributed by atoms with Crippen molar-refractivity contribution in [3.63, 3.8) is 0 Å². The topological polar surface area (TPSA) is 48.8 Å². The minimum atomic E-state index is -2.65. The molecule has 3 nitrogen and oxygen atoms in total. The summed E-state index contributed by atoms with van der Waals surface area (Å²) in [5, 5.41) is 3.70. The fourth-order valence-electron chi connectivity index (χ4n) is 2.37. The molecule has 1 atom stereocenters. The first-order valence-corrected chi connectivity index (χ1v) is 5.95. The molecule has 0 bridgehead atoms. The molecule has 1 saturated carbocycles. The number of nitrogens with zero attached hydrogens (tertiary/aromatic N) is 3. The van der Waals surface area contributed by atoms with Gasteiger partial charge in [0.1, 0.15) is 0 Å². The lowest BCUT2D eigenvalue weighted by molar-refractivity contribution is 0.00723. The number of azide groups is 1. The van der Waals surface area contributed by atoms with Crippen LogP contribution in [0.25, 0.3) is 10.4 Å². The van der Waals surface area contributed by atoms with Crippen LogP contribution in [0.15, 0.2) is 5.11 Å². The zero-order valence-corrected chi connectivity index (χ0v) is 9.70. The first kappa shape index (κ1) is 13.2. The standard InChI is InChI=1S/C11H19F2N3/c1-11(12,13)8-7-10(15-16-14)9-5-3-2-4-6-9/h9-10H,2-8H2,1H3. The second-order valence-corrected chi connectivity index (χ2v) is 4.78. The molecule has 0 radical (unpaired) electrons. The zero-order valence-electron chi connectivity index (χ0n) is 9.70. The third kappa shape index (κ3) is 4.79. The van der Waals surface area contributed by atoms with Crippen LogP contribution in [-0.4, -0.2) is 12.0 Å². The van der Waals surface area contributed by atoms with Crippen molar-refractivity contribution >= 4 is 0 Å². The highest BCUT2D eigenvalue weighted by Gasteiger charge is 2.27. The third-order valence-electron chi connectivity index (χ3n) is 3.27. The van der Waals surface area contributed by atoms with Gasteiger partial charge >= 0.3 is 0 Å². The van der Waals surface area contributed by atoms with Crippen LogP contribution in [0.1, 0.15) is 51.9 Å². The molecular formula is C11H19F2N3. The molecule has 1 aliphatic carbocycles. The van der Waals surface area contributed by atoms with E-state index in [1.54, 1.807) is 0 Å². The summed E-state index contributed by atoms with van der Waals surface area (Å²) in [5.41, 5.74) is 8.47. The van der Waals surface area contributed by atoms with Gasteiger partial charge in [0.2, 0.25) is 5.92 Å². The Balaban J connectivity index is 2.49. The molecule has 0 spiro atoms. The smallest absolute Gasteiger partial charge is 0.207 e. The molecule has 0 aliphatic heterocycles. The zero-order chi connectivity index (χ0) is 12.0. The van der Waals surface area contributed by atoms with Crippen molar-refractivity contribution in [1.29, 1.82) is 0 Å². The molecule has 0 aromatic rings. The molecule has 0 aromatic carbocycles. The summed E-state index contributed by atoms with van der Waals surface area (Å²) >= 11 is 0. The summed E-state index contributed by atoms with van der Waals surface area (Å²) in [6.07, 6.45) is 5.61. The molecule has 1 aliphatic rings. The maximum atomic E-state index is 12.8. The van der Waals surface area contributed by atoms with E-state index in [1.165, 1.54) is 6.42 Å². The molecule has 0 amide bonds. The normalized spacial score (nSPS) is 20.2. The predicted octanol–water partition coefficient (Wildman–Crippen LogP) is 4.68. The second kappa shape index (κ2) is 6.04. The third-order valence-corrected chi connectivity index (χ3v) is 3.27. The summed E-state index contributed by atoms with van der Waals surface area (Å²) in [7, 11) is 0. The summed E-state index contributed by atoms with van der Waals surface area (Å²) in [4.78, 5) is 2.79. The van der Waals surface area contributed by atoms with Crippen LogP contribution < -0.4 is 0 Å². The Morgan fingerprint density at radius 2 is 2.00 bits per heavy atom. The van der Waals surface area contributed by atoms with Crippen molar-refractivity contribution in [2.75, 3.05) is 0 Å². The lowest BCUT2D eigenvalue weighted by Crippen LogP contribution is -2.23. The van der Waals surface area contributed by atoms with Gasteiger partial charge in [-0.1, -0.05) is 37.2 Å². The Bertz CT molecular complexity index is 250. The van der Waals surface area contributed by atoms with Crippen molar-refractivity contribution in [2.45, 2.75) is 63.8 Å². The van der Waals surface area contributed by atoms with Crippen LogP contribution in [0.5, 0.6) is 0 Å². The van der Waals surface area contributed by atoms with Gasteiger partial charge in [0, 0.05) is 17.4 Å². The van der Waals surface area contributed by atoms with Gasteiger partial charge in [0.05, 0.1) is 0 Å². The molecule has 0 heterocycles. The van der Waals surface area contributed by atoms with Crippen molar-refractivity contribution in [3.8, 4) is 0 Å². The number of hydrogen-bond donors (Lipinski definition) is 0. The molecule has 92 valence electrons. The van der Waals surface area contributed by atoms with E-state index in [4.69, 9.17) is 5.53 Å². The van der Waals surface area contributed by atoms with E-state index in [0.29, 0.717) is 12.3 Å². The van der Waals surface area contributed by atoms with E-state index < -0.39 is 5.92 Å². The highest BCUT2D eigenvalue weighted by molar-refractivity contribution is 4.81. The van der Waals surface area contributed by atoms with E-state index in [2.05, 4.69) is 10.0 Å². The van der Waals surface area contributed by atoms with Gasteiger partial charge in [-0.3, -0.25) is 0 Å². The lowest BCUT2D eigenvalue weighted by atomic mass is 9.82. The summed E-state index contributed by atoms with van der Waals surface area (Å²) < 4.78 is 25.5. The van der Waals surface area contributed by atoms with Crippen molar-refractivity contribution in [3.05, 3.63) is 10.4 Å². The van der Waals surface area contributed by atoms with E-state index in [9.17, 15) is 8.78 Å². The van der Waals surface area contributed by atoms with Crippen LogP contribution in [0.3, 0.4) is 0 Å². The number of alkyl halides is 2. The maximum Gasteiger partial charge on any atom is 0.245 e. The van der Waals surface area contributed by atoms with E-state index in [-0.39, 0.29) is 12.5 Å². The maximum absolute atomic E-state index is 12.8. The van der Waals surface area contributed by atoms with Gasteiger partial charge in [0.25, 0.3) is 0 Å². The van der Waals surface area contributed by atoms with Crippen molar-refractivity contribution in [2.24, 2.45) is 11.0 Å². The summed E-state index contributed by atoms with van der Waals surface area (Å²) in [6, 6.07) is -0.240. The molecular weight excluding hydrogens is 212 g/mol. The molecule has 0 aromatic heterocycles. The van der Waals surface area contributed by atoms with E-state index in [1.807, 2.05) is 0 Å². The van der Waals surface area contributed by atoms with Gasteiger partial charge in [-0.15, -0.1) is 0 Å². The van der Waals surface area contributed by atoms with Gasteiger partial charge in [-0.25, -0.2) is 8.78 Å². The average Bonchev–Trinajstić information content (AvgIpc) is 2.24. The number of hydrogen-bond acceptors (Lipinski definition) is 1.